The normalized spacial score (nSPS) is 13.1. The fourth-order valence-corrected chi connectivity index (χ4v) is 10.7. The van der Waals surface area contributed by atoms with Crippen molar-refractivity contribution in [3.63, 3.8) is 0 Å². The second kappa shape index (κ2) is 12.6. The van der Waals surface area contributed by atoms with Crippen molar-refractivity contribution in [1.82, 2.24) is 0 Å². The Morgan fingerprint density at radius 3 is 1.67 bits per heavy atom. The Labute approximate surface area is 347 Å². The van der Waals surface area contributed by atoms with Gasteiger partial charge < -0.3 is 4.42 Å². The summed E-state index contributed by atoms with van der Waals surface area (Å²) >= 11 is 0. The van der Waals surface area contributed by atoms with Crippen LogP contribution in [-0.4, -0.2) is 0 Å². The molecule has 13 rings (SSSR count). The number of furan rings is 1. The van der Waals surface area contributed by atoms with E-state index in [-0.39, 0.29) is 0 Å². The van der Waals surface area contributed by atoms with E-state index in [2.05, 4.69) is 212 Å². The Kier molecular flexibility index (Phi) is 7.00. The monoisotopic (exact) mass is 760 g/mol. The van der Waals surface area contributed by atoms with Gasteiger partial charge in [-0.05, 0) is 147 Å². The lowest BCUT2D eigenvalue weighted by atomic mass is 9.67. The molecule has 0 N–H and O–H groups in total. The number of fused-ring (bicyclic) bond motifs is 11. The summed E-state index contributed by atoms with van der Waals surface area (Å²) in [6, 6.07) is 81.1. The Balaban J connectivity index is 1.25. The molecule has 1 nitrogen and oxygen atoms in total. The first-order valence-corrected chi connectivity index (χ1v) is 20.8. The van der Waals surface area contributed by atoms with Crippen molar-refractivity contribution < 1.29 is 4.42 Å². The quantitative estimate of drug-likeness (QED) is 0.129. The highest BCUT2D eigenvalue weighted by atomic mass is 16.3. The molecule has 0 fully saturated rings. The Morgan fingerprint density at radius 2 is 0.900 bits per heavy atom. The molecule has 0 bridgehead atoms. The summed E-state index contributed by atoms with van der Waals surface area (Å²) in [6.07, 6.45) is 0. The van der Waals surface area contributed by atoms with Crippen molar-refractivity contribution in [1.29, 1.82) is 0 Å². The number of hydrogen-bond acceptors (Lipinski definition) is 1. The zero-order valence-corrected chi connectivity index (χ0v) is 32.7. The third-order valence-corrected chi connectivity index (χ3v) is 13.3. The molecule has 12 aromatic rings. The van der Waals surface area contributed by atoms with E-state index in [1.165, 1.54) is 93.2 Å². The highest BCUT2D eigenvalue weighted by molar-refractivity contribution is 6.21. The molecular weight excluding hydrogens is 725 g/mol. The third kappa shape index (κ3) is 4.63. The molecule has 278 valence electrons. The van der Waals surface area contributed by atoms with E-state index in [0.29, 0.717) is 0 Å². The molecule has 0 radical (unpaired) electrons. The van der Waals surface area contributed by atoms with Gasteiger partial charge in [-0.3, -0.25) is 0 Å². The van der Waals surface area contributed by atoms with Gasteiger partial charge in [-0.15, -0.1) is 0 Å². The zero-order chi connectivity index (χ0) is 39.4. The minimum Gasteiger partial charge on any atom is -0.456 e. The number of rotatable bonds is 4. The molecule has 0 saturated carbocycles. The van der Waals surface area contributed by atoms with E-state index in [1.807, 2.05) is 6.07 Å². The maximum absolute atomic E-state index is 6.41. The van der Waals surface area contributed by atoms with E-state index >= 15 is 0 Å². The molecule has 1 aliphatic carbocycles. The lowest BCUT2D eigenvalue weighted by molar-refractivity contribution is 0.669. The SMILES string of the molecule is c1ccc(C2(c3ccccc3)c3cc4ccccc4cc3-c3c(-c4ccc5oc6ccccc6c5c4)cc(-c4c5ccccc5cc5c4ccc4ccccc45)cc32)cc1. The Hall–Kier alpha value is -7.74. The molecule has 0 amide bonds. The molecule has 11 aromatic carbocycles. The fourth-order valence-electron chi connectivity index (χ4n) is 10.7. The summed E-state index contributed by atoms with van der Waals surface area (Å²) in [5, 5.41) is 12.2. The van der Waals surface area contributed by atoms with Crippen LogP contribution in [0.25, 0.3) is 98.4 Å². The number of hydrogen-bond donors (Lipinski definition) is 0. The first-order chi connectivity index (χ1) is 29.7. The van der Waals surface area contributed by atoms with Crippen LogP contribution in [0.1, 0.15) is 22.3 Å². The van der Waals surface area contributed by atoms with E-state index in [1.54, 1.807) is 0 Å². The molecular formula is C59H36O. The van der Waals surface area contributed by atoms with Gasteiger partial charge >= 0.3 is 0 Å². The van der Waals surface area contributed by atoms with Crippen LogP contribution < -0.4 is 0 Å². The minimum atomic E-state index is -0.610. The molecule has 60 heavy (non-hydrogen) atoms. The summed E-state index contributed by atoms with van der Waals surface area (Å²) in [7, 11) is 0. The smallest absolute Gasteiger partial charge is 0.135 e. The van der Waals surface area contributed by atoms with Crippen molar-refractivity contribution in [2.75, 3.05) is 0 Å². The van der Waals surface area contributed by atoms with Crippen LogP contribution in [0.15, 0.2) is 223 Å². The van der Waals surface area contributed by atoms with Gasteiger partial charge in [0.2, 0.25) is 0 Å². The maximum Gasteiger partial charge on any atom is 0.135 e. The van der Waals surface area contributed by atoms with Gasteiger partial charge in [-0.1, -0.05) is 170 Å². The molecule has 0 aliphatic heterocycles. The van der Waals surface area contributed by atoms with Gasteiger partial charge in [0.1, 0.15) is 11.2 Å². The molecule has 1 heteroatoms. The van der Waals surface area contributed by atoms with Crippen molar-refractivity contribution in [3.8, 4) is 33.4 Å². The molecule has 1 aliphatic rings. The largest absolute Gasteiger partial charge is 0.456 e. The van der Waals surface area contributed by atoms with Crippen LogP contribution in [0.5, 0.6) is 0 Å². The van der Waals surface area contributed by atoms with Crippen LogP contribution in [0, 0.1) is 0 Å². The van der Waals surface area contributed by atoms with E-state index in [9.17, 15) is 0 Å². The van der Waals surface area contributed by atoms with Crippen LogP contribution in [0.4, 0.5) is 0 Å². The van der Waals surface area contributed by atoms with Gasteiger partial charge in [-0.25, -0.2) is 0 Å². The predicted molar refractivity (Wildman–Crippen MR) is 252 cm³/mol. The van der Waals surface area contributed by atoms with Crippen LogP contribution in [-0.2, 0) is 5.41 Å². The van der Waals surface area contributed by atoms with Crippen molar-refractivity contribution in [2.24, 2.45) is 0 Å². The first-order valence-electron chi connectivity index (χ1n) is 20.8. The predicted octanol–water partition coefficient (Wildman–Crippen LogP) is 15.9. The van der Waals surface area contributed by atoms with Crippen molar-refractivity contribution in [2.45, 2.75) is 5.41 Å². The van der Waals surface area contributed by atoms with E-state index < -0.39 is 5.41 Å². The summed E-state index contributed by atoms with van der Waals surface area (Å²) in [5.74, 6) is 0. The topological polar surface area (TPSA) is 13.1 Å². The van der Waals surface area contributed by atoms with Crippen LogP contribution >= 0.6 is 0 Å². The number of benzene rings is 11. The molecule has 1 heterocycles. The van der Waals surface area contributed by atoms with Gasteiger partial charge in [0.05, 0.1) is 5.41 Å². The third-order valence-electron chi connectivity index (χ3n) is 13.3. The van der Waals surface area contributed by atoms with E-state index in [0.717, 1.165) is 27.5 Å². The lowest BCUT2D eigenvalue weighted by Gasteiger charge is -2.34. The second-order valence-corrected chi connectivity index (χ2v) is 16.3. The molecule has 0 saturated heterocycles. The molecule has 0 spiro atoms. The maximum atomic E-state index is 6.41. The summed E-state index contributed by atoms with van der Waals surface area (Å²) in [6.45, 7) is 0. The summed E-state index contributed by atoms with van der Waals surface area (Å²) < 4.78 is 6.41. The van der Waals surface area contributed by atoms with Gasteiger partial charge in [0.15, 0.2) is 0 Å². The lowest BCUT2D eigenvalue weighted by Crippen LogP contribution is -2.28. The fraction of sp³-hybridized carbons (Fsp3) is 0.0169. The molecule has 0 atom stereocenters. The molecule has 0 unspecified atom stereocenters. The van der Waals surface area contributed by atoms with Gasteiger partial charge in [-0.2, -0.15) is 0 Å². The van der Waals surface area contributed by atoms with Gasteiger partial charge in [0, 0.05) is 10.8 Å². The van der Waals surface area contributed by atoms with Crippen molar-refractivity contribution in [3.05, 3.63) is 241 Å². The van der Waals surface area contributed by atoms with Crippen LogP contribution in [0.2, 0.25) is 0 Å². The highest BCUT2D eigenvalue weighted by Gasteiger charge is 2.47. The Bertz CT molecular complexity index is 3660. The van der Waals surface area contributed by atoms with Crippen LogP contribution in [0.3, 0.4) is 0 Å². The number of para-hydroxylation sites is 1. The average molecular weight is 761 g/mol. The zero-order valence-electron chi connectivity index (χ0n) is 32.7. The summed E-state index contributed by atoms with van der Waals surface area (Å²) in [4.78, 5) is 0. The first kappa shape index (κ1) is 33.3. The van der Waals surface area contributed by atoms with Crippen molar-refractivity contribution >= 4 is 65.0 Å². The standard InChI is InChI=1S/C59H36O/c1-3-19-43(20-4-1)59(44-21-5-2-6-22-44)53-35-39-17-8-7-16-38(39)31-52(53)58-49(41-28-30-56-51(33-41)47-25-13-14-26-55(47)60-56)34-42(36-54(58)59)57-46-24-12-10-18-40(46)32-50-45-23-11-9-15-37(45)27-29-48(50)57/h1-36H. The Morgan fingerprint density at radius 1 is 0.283 bits per heavy atom. The average Bonchev–Trinajstić information content (AvgIpc) is 3.83. The summed E-state index contributed by atoms with van der Waals surface area (Å²) in [5.41, 5.74) is 13.7. The highest BCUT2D eigenvalue weighted by Crippen LogP contribution is 2.60. The minimum absolute atomic E-state index is 0.610. The van der Waals surface area contributed by atoms with E-state index in [4.69, 9.17) is 4.42 Å². The van der Waals surface area contributed by atoms with Gasteiger partial charge in [0.25, 0.3) is 0 Å². The molecule has 1 aromatic heterocycles. The second-order valence-electron chi connectivity index (χ2n) is 16.3.